The number of rotatable bonds is 2. The minimum absolute atomic E-state index is 0.0112. The lowest BCUT2D eigenvalue weighted by Gasteiger charge is -2.14. The molecule has 5 heteroatoms. The zero-order chi connectivity index (χ0) is 10.0. The van der Waals surface area contributed by atoms with Crippen molar-refractivity contribution in [3.8, 4) is 0 Å². The third-order valence-corrected chi connectivity index (χ3v) is 2.64. The molecule has 1 aromatic heterocycles. The SMILES string of the molecule is CC(C)C(=O)N(I)c1cnn(C)c1. The van der Waals surface area contributed by atoms with Gasteiger partial charge in [0.25, 0.3) is 0 Å². The van der Waals surface area contributed by atoms with Crippen LogP contribution in [0.1, 0.15) is 13.8 Å². The third-order valence-electron chi connectivity index (χ3n) is 1.61. The molecule has 0 aromatic carbocycles. The summed E-state index contributed by atoms with van der Waals surface area (Å²) < 4.78 is 3.27. The number of halogens is 1. The normalized spacial score (nSPS) is 10.5. The Kier molecular flexibility index (Phi) is 3.29. The van der Waals surface area contributed by atoms with E-state index in [-0.39, 0.29) is 11.8 Å². The highest BCUT2D eigenvalue weighted by molar-refractivity contribution is 14.1. The van der Waals surface area contributed by atoms with Gasteiger partial charge >= 0.3 is 0 Å². The summed E-state index contributed by atoms with van der Waals surface area (Å²) in [4.78, 5) is 11.5. The Morgan fingerprint density at radius 1 is 1.69 bits per heavy atom. The predicted octanol–water partition coefficient (Wildman–Crippen LogP) is 1.76. The van der Waals surface area contributed by atoms with Crippen molar-refractivity contribution < 1.29 is 4.79 Å². The van der Waals surface area contributed by atoms with Gasteiger partial charge in [0.2, 0.25) is 5.91 Å². The van der Waals surface area contributed by atoms with E-state index < -0.39 is 0 Å². The van der Waals surface area contributed by atoms with E-state index in [1.807, 2.05) is 50.0 Å². The Balaban J connectivity index is 2.79. The maximum Gasteiger partial charge on any atom is 0.238 e. The molecule has 0 aliphatic rings. The summed E-state index contributed by atoms with van der Waals surface area (Å²) in [7, 11) is 1.83. The first-order chi connectivity index (χ1) is 6.02. The third kappa shape index (κ3) is 2.43. The van der Waals surface area contributed by atoms with E-state index in [1.54, 1.807) is 14.0 Å². The fourth-order valence-electron chi connectivity index (χ4n) is 0.864. The molecule has 1 amide bonds. The van der Waals surface area contributed by atoms with Gasteiger partial charge in [-0.3, -0.25) is 9.48 Å². The molecule has 0 N–H and O–H groups in total. The molecule has 0 saturated carbocycles. The van der Waals surface area contributed by atoms with E-state index in [0.29, 0.717) is 0 Å². The second-order valence-electron chi connectivity index (χ2n) is 3.15. The summed E-state index contributed by atoms with van der Waals surface area (Å²) in [5, 5.41) is 4.00. The molecule has 0 aliphatic heterocycles. The second-order valence-corrected chi connectivity index (χ2v) is 4.11. The molecular formula is C8H12IN3O. The van der Waals surface area contributed by atoms with Crippen LogP contribution in [0, 0.1) is 5.92 Å². The van der Waals surface area contributed by atoms with Crippen LogP contribution >= 0.6 is 22.9 Å². The van der Waals surface area contributed by atoms with Gasteiger partial charge < -0.3 is 0 Å². The Morgan fingerprint density at radius 2 is 2.31 bits per heavy atom. The fourth-order valence-corrected chi connectivity index (χ4v) is 1.67. The first kappa shape index (κ1) is 10.5. The van der Waals surface area contributed by atoms with Crippen molar-refractivity contribution in [2.24, 2.45) is 13.0 Å². The number of hydrogen-bond acceptors (Lipinski definition) is 2. The van der Waals surface area contributed by atoms with Crippen molar-refractivity contribution in [3.63, 3.8) is 0 Å². The van der Waals surface area contributed by atoms with Crippen molar-refractivity contribution in [1.82, 2.24) is 9.78 Å². The van der Waals surface area contributed by atoms with Gasteiger partial charge in [-0.15, -0.1) is 0 Å². The zero-order valence-electron chi connectivity index (χ0n) is 7.86. The monoisotopic (exact) mass is 293 g/mol. The van der Waals surface area contributed by atoms with Crippen LogP contribution in [0.3, 0.4) is 0 Å². The summed E-state index contributed by atoms with van der Waals surface area (Å²) >= 11 is 1.99. The van der Waals surface area contributed by atoms with Crippen molar-refractivity contribution in [2.45, 2.75) is 13.8 Å². The zero-order valence-corrected chi connectivity index (χ0v) is 10.0. The van der Waals surface area contributed by atoms with E-state index >= 15 is 0 Å². The highest BCUT2D eigenvalue weighted by atomic mass is 127. The lowest BCUT2D eigenvalue weighted by Crippen LogP contribution is -2.24. The van der Waals surface area contributed by atoms with Gasteiger partial charge in [0.05, 0.1) is 34.7 Å². The molecule has 0 unspecified atom stereocenters. The van der Waals surface area contributed by atoms with E-state index in [9.17, 15) is 4.79 Å². The molecular weight excluding hydrogens is 281 g/mol. The maximum atomic E-state index is 11.5. The molecule has 1 rings (SSSR count). The molecule has 0 bridgehead atoms. The maximum absolute atomic E-state index is 11.5. The summed E-state index contributed by atoms with van der Waals surface area (Å²) in [5.41, 5.74) is 0.821. The minimum Gasteiger partial charge on any atom is -0.274 e. The molecule has 4 nitrogen and oxygen atoms in total. The van der Waals surface area contributed by atoms with Gasteiger partial charge in [-0.25, -0.2) is 3.11 Å². The largest absolute Gasteiger partial charge is 0.274 e. The molecule has 0 spiro atoms. The second kappa shape index (κ2) is 4.08. The van der Waals surface area contributed by atoms with Crippen LogP contribution in [0.2, 0.25) is 0 Å². The average Bonchev–Trinajstić information content (AvgIpc) is 2.49. The van der Waals surface area contributed by atoms with Crippen molar-refractivity contribution in [2.75, 3.05) is 3.11 Å². The highest BCUT2D eigenvalue weighted by Gasteiger charge is 2.17. The average molecular weight is 293 g/mol. The lowest BCUT2D eigenvalue weighted by molar-refractivity contribution is -0.119. The van der Waals surface area contributed by atoms with Crippen LogP contribution in [0.25, 0.3) is 0 Å². The number of amides is 1. The Hall–Kier alpha value is -0.590. The van der Waals surface area contributed by atoms with Gasteiger partial charge in [0.15, 0.2) is 0 Å². The van der Waals surface area contributed by atoms with Crippen molar-refractivity contribution in [3.05, 3.63) is 12.4 Å². The minimum atomic E-state index is 0.0112. The molecule has 0 atom stereocenters. The quantitative estimate of drug-likeness (QED) is 0.615. The number of carbonyl (C=O) groups excluding carboxylic acids is 1. The molecule has 1 heterocycles. The van der Waals surface area contributed by atoms with E-state index in [1.165, 1.54) is 0 Å². The number of carbonyl (C=O) groups is 1. The fraction of sp³-hybridized carbons (Fsp3) is 0.500. The van der Waals surface area contributed by atoms with Gasteiger partial charge in [-0.05, 0) is 0 Å². The standard InChI is InChI=1S/C8H12IN3O/c1-6(2)8(13)12(9)7-4-10-11(3)5-7/h4-6H,1-3H3. The van der Waals surface area contributed by atoms with E-state index in [0.717, 1.165) is 5.69 Å². The molecule has 0 fully saturated rings. The number of aryl methyl sites for hydroxylation is 1. The Labute approximate surface area is 91.4 Å². The number of hydrogen-bond donors (Lipinski definition) is 0. The van der Waals surface area contributed by atoms with Gasteiger partial charge in [0.1, 0.15) is 0 Å². The molecule has 1 aromatic rings. The van der Waals surface area contributed by atoms with Crippen LogP contribution in [0.4, 0.5) is 5.69 Å². The topological polar surface area (TPSA) is 38.1 Å². The van der Waals surface area contributed by atoms with Gasteiger partial charge in [0, 0.05) is 19.2 Å². The number of nitrogens with zero attached hydrogens (tertiary/aromatic N) is 3. The number of aromatic nitrogens is 2. The first-order valence-electron chi connectivity index (χ1n) is 4.00. The van der Waals surface area contributed by atoms with Crippen LogP contribution in [-0.2, 0) is 11.8 Å². The van der Waals surface area contributed by atoms with E-state index in [2.05, 4.69) is 5.10 Å². The number of anilines is 1. The molecule has 0 aliphatic carbocycles. The highest BCUT2D eigenvalue weighted by Crippen LogP contribution is 2.19. The summed E-state index contributed by atoms with van der Waals surface area (Å²) in [6.07, 6.45) is 3.49. The summed E-state index contributed by atoms with van der Waals surface area (Å²) in [5.74, 6) is 0.103. The predicted molar refractivity (Wildman–Crippen MR) is 59.6 cm³/mol. The molecule has 72 valence electrons. The molecule has 13 heavy (non-hydrogen) atoms. The van der Waals surface area contributed by atoms with Crippen LogP contribution in [0.5, 0.6) is 0 Å². The first-order valence-corrected chi connectivity index (χ1v) is 4.97. The molecule has 0 saturated heterocycles. The molecule has 0 radical (unpaired) electrons. The Morgan fingerprint density at radius 3 is 2.69 bits per heavy atom. The van der Waals surface area contributed by atoms with Gasteiger partial charge in [-0.2, -0.15) is 5.10 Å². The van der Waals surface area contributed by atoms with Gasteiger partial charge in [-0.1, -0.05) is 13.8 Å². The Bertz CT molecular complexity index is 308. The smallest absolute Gasteiger partial charge is 0.238 e. The lowest BCUT2D eigenvalue weighted by atomic mass is 10.2. The van der Waals surface area contributed by atoms with Crippen LogP contribution in [-0.4, -0.2) is 15.7 Å². The van der Waals surface area contributed by atoms with Crippen molar-refractivity contribution >= 4 is 34.5 Å². The summed E-state index contributed by atoms with van der Waals surface area (Å²) in [6.45, 7) is 3.76. The van der Waals surface area contributed by atoms with Crippen molar-refractivity contribution in [1.29, 1.82) is 0 Å². The summed E-state index contributed by atoms with van der Waals surface area (Å²) in [6, 6.07) is 0. The van der Waals surface area contributed by atoms with Crippen LogP contribution in [0.15, 0.2) is 12.4 Å². The van der Waals surface area contributed by atoms with E-state index in [4.69, 9.17) is 0 Å². The van der Waals surface area contributed by atoms with Crippen LogP contribution < -0.4 is 3.11 Å².